The maximum Gasteiger partial charge on any atom is 0.348 e. The molecule has 98 valence electrons. The van der Waals surface area contributed by atoms with Gasteiger partial charge in [-0.2, -0.15) is 5.26 Å². The van der Waals surface area contributed by atoms with Gasteiger partial charge in [-0.15, -0.1) is 0 Å². The molecule has 0 bridgehead atoms. The summed E-state index contributed by atoms with van der Waals surface area (Å²) in [6.07, 6.45) is 1.62. The van der Waals surface area contributed by atoms with Gasteiger partial charge >= 0.3 is 11.9 Å². The van der Waals surface area contributed by atoms with Crippen molar-refractivity contribution in [1.82, 2.24) is 0 Å². The molecule has 0 aromatic heterocycles. The monoisotopic (exact) mass is 251 g/mol. The van der Waals surface area contributed by atoms with Gasteiger partial charge in [0.2, 0.25) is 0 Å². The quantitative estimate of drug-likeness (QED) is 0.432. The van der Waals surface area contributed by atoms with E-state index >= 15 is 0 Å². The molecule has 0 saturated heterocycles. The molecule has 0 heterocycles. The van der Waals surface area contributed by atoms with E-state index in [1.807, 2.05) is 6.07 Å². The van der Waals surface area contributed by atoms with Crippen molar-refractivity contribution >= 4 is 11.9 Å². The molecule has 1 aliphatic rings. The third-order valence-electron chi connectivity index (χ3n) is 2.85. The van der Waals surface area contributed by atoms with Crippen LogP contribution in [0.5, 0.6) is 0 Å². The minimum absolute atomic E-state index is 0.0450. The highest BCUT2D eigenvalue weighted by atomic mass is 16.5. The van der Waals surface area contributed by atoms with Gasteiger partial charge in [0.05, 0.1) is 19.1 Å². The van der Waals surface area contributed by atoms with Gasteiger partial charge in [0, 0.05) is 0 Å². The summed E-state index contributed by atoms with van der Waals surface area (Å²) in [4.78, 5) is 23.1. The Hall–Kier alpha value is -1.83. The van der Waals surface area contributed by atoms with Crippen LogP contribution < -0.4 is 0 Å². The van der Waals surface area contributed by atoms with Crippen molar-refractivity contribution < 1.29 is 19.1 Å². The molecule has 5 nitrogen and oxygen atoms in total. The van der Waals surface area contributed by atoms with E-state index in [1.165, 1.54) is 0 Å². The lowest BCUT2D eigenvalue weighted by Crippen LogP contribution is -2.14. The molecule has 0 aliphatic heterocycles. The summed E-state index contributed by atoms with van der Waals surface area (Å²) in [6.45, 7) is 4.02. The maximum atomic E-state index is 11.6. The second-order valence-electron chi connectivity index (χ2n) is 4.00. The largest absolute Gasteiger partial charge is 0.466 e. The molecule has 0 aromatic carbocycles. The van der Waals surface area contributed by atoms with Crippen LogP contribution in [0.15, 0.2) is 11.1 Å². The van der Waals surface area contributed by atoms with Crippen LogP contribution >= 0.6 is 0 Å². The zero-order valence-electron chi connectivity index (χ0n) is 10.7. The summed E-state index contributed by atoms with van der Waals surface area (Å²) >= 11 is 0. The summed E-state index contributed by atoms with van der Waals surface area (Å²) in [7, 11) is 0. The molecule has 1 aliphatic carbocycles. The molecule has 1 rings (SSSR count). The average molecular weight is 251 g/mol. The minimum Gasteiger partial charge on any atom is -0.466 e. The molecular weight excluding hydrogens is 234 g/mol. The molecule has 18 heavy (non-hydrogen) atoms. The van der Waals surface area contributed by atoms with Crippen LogP contribution in [0.4, 0.5) is 0 Å². The van der Waals surface area contributed by atoms with E-state index in [2.05, 4.69) is 0 Å². The van der Waals surface area contributed by atoms with Crippen molar-refractivity contribution in [2.24, 2.45) is 5.92 Å². The summed E-state index contributed by atoms with van der Waals surface area (Å²) in [5, 5.41) is 8.99. The molecule has 0 radical (unpaired) electrons. The normalized spacial score (nSPS) is 21.1. The first-order valence-corrected chi connectivity index (χ1v) is 6.09. The first-order valence-electron chi connectivity index (χ1n) is 6.09. The Morgan fingerprint density at radius 3 is 2.56 bits per heavy atom. The molecule has 0 amide bonds. The molecule has 1 saturated carbocycles. The van der Waals surface area contributed by atoms with Gasteiger partial charge in [0.25, 0.3) is 0 Å². The molecule has 1 unspecified atom stereocenters. The summed E-state index contributed by atoms with van der Waals surface area (Å²) in [5.74, 6) is -1.09. The van der Waals surface area contributed by atoms with Gasteiger partial charge < -0.3 is 9.47 Å². The summed E-state index contributed by atoms with van der Waals surface area (Å²) < 4.78 is 9.75. The Balaban J connectivity index is 2.76. The van der Waals surface area contributed by atoms with E-state index in [9.17, 15) is 9.59 Å². The van der Waals surface area contributed by atoms with E-state index in [4.69, 9.17) is 14.7 Å². The number of allylic oxidation sites excluding steroid dienone is 1. The second-order valence-corrected chi connectivity index (χ2v) is 4.00. The lowest BCUT2D eigenvalue weighted by atomic mass is 10.1. The predicted molar refractivity (Wildman–Crippen MR) is 63.2 cm³/mol. The topological polar surface area (TPSA) is 76.4 Å². The molecule has 0 N–H and O–H groups in total. The number of nitrogens with zero attached hydrogens (tertiary/aromatic N) is 1. The van der Waals surface area contributed by atoms with Gasteiger partial charge in [-0.3, -0.25) is 4.79 Å². The van der Waals surface area contributed by atoms with Gasteiger partial charge in [-0.1, -0.05) is 0 Å². The third kappa shape index (κ3) is 3.33. The highest BCUT2D eigenvalue weighted by Crippen LogP contribution is 2.33. The van der Waals surface area contributed by atoms with Crippen LogP contribution in [-0.2, 0) is 19.1 Å². The Morgan fingerprint density at radius 2 is 2.00 bits per heavy atom. The maximum absolute atomic E-state index is 11.6. The number of hydrogen-bond acceptors (Lipinski definition) is 5. The minimum atomic E-state index is -0.598. The Labute approximate surface area is 106 Å². The smallest absolute Gasteiger partial charge is 0.348 e. The fraction of sp³-hybridized carbons (Fsp3) is 0.615. The van der Waals surface area contributed by atoms with Crippen LogP contribution in [0, 0.1) is 17.2 Å². The molecule has 1 atom stereocenters. The Kier molecular flexibility index (Phi) is 5.37. The zero-order chi connectivity index (χ0) is 13.5. The number of hydrogen-bond donors (Lipinski definition) is 0. The highest BCUT2D eigenvalue weighted by molar-refractivity contribution is 5.94. The number of esters is 2. The van der Waals surface area contributed by atoms with Gasteiger partial charge in [0.1, 0.15) is 11.6 Å². The van der Waals surface area contributed by atoms with Crippen LogP contribution in [0.3, 0.4) is 0 Å². The second kappa shape index (κ2) is 6.80. The molecule has 1 fully saturated rings. The Morgan fingerprint density at radius 1 is 1.33 bits per heavy atom. The van der Waals surface area contributed by atoms with Crippen LogP contribution in [0.2, 0.25) is 0 Å². The fourth-order valence-corrected chi connectivity index (χ4v) is 2.01. The highest BCUT2D eigenvalue weighted by Gasteiger charge is 2.30. The average Bonchev–Trinajstić information content (AvgIpc) is 2.80. The molecular formula is C13H17NO4. The van der Waals surface area contributed by atoms with Gasteiger partial charge in [-0.05, 0) is 38.7 Å². The number of carbonyl (C=O) groups is 2. The summed E-state index contributed by atoms with van der Waals surface area (Å²) in [5.41, 5.74) is 0.748. The van der Waals surface area contributed by atoms with E-state index in [0.717, 1.165) is 0 Å². The van der Waals surface area contributed by atoms with E-state index in [0.29, 0.717) is 31.4 Å². The lowest BCUT2D eigenvalue weighted by molar-refractivity contribution is -0.147. The van der Waals surface area contributed by atoms with E-state index in [1.54, 1.807) is 13.8 Å². The molecule has 5 heteroatoms. The summed E-state index contributed by atoms with van der Waals surface area (Å²) in [6, 6.07) is 1.87. The van der Waals surface area contributed by atoms with Gasteiger partial charge in [-0.25, -0.2) is 4.79 Å². The van der Waals surface area contributed by atoms with Crippen molar-refractivity contribution in [1.29, 1.82) is 5.26 Å². The van der Waals surface area contributed by atoms with Crippen molar-refractivity contribution in [2.75, 3.05) is 13.2 Å². The Bertz CT molecular complexity index is 406. The first-order chi connectivity index (χ1) is 8.63. The van der Waals surface area contributed by atoms with Gasteiger partial charge in [0.15, 0.2) is 0 Å². The molecule has 0 aromatic rings. The van der Waals surface area contributed by atoms with Crippen LogP contribution in [-0.4, -0.2) is 25.2 Å². The van der Waals surface area contributed by atoms with Crippen LogP contribution in [0.1, 0.15) is 33.1 Å². The van der Waals surface area contributed by atoms with Crippen molar-refractivity contribution in [3.05, 3.63) is 11.1 Å². The van der Waals surface area contributed by atoms with E-state index < -0.39 is 5.97 Å². The number of ether oxygens (including phenoxy) is 2. The lowest BCUT2D eigenvalue weighted by Gasteiger charge is -2.07. The van der Waals surface area contributed by atoms with Crippen molar-refractivity contribution in [3.63, 3.8) is 0 Å². The number of nitriles is 1. The number of carbonyl (C=O) groups excluding carboxylic acids is 2. The SMILES string of the molecule is CCOC(=O)C(C#N)=C1CCC(C(=O)OCC)C1. The molecule has 0 spiro atoms. The van der Waals surface area contributed by atoms with E-state index in [-0.39, 0.29) is 24.1 Å². The third-order valence-corrected chi connectivity index (χ3v) is 2.85. The first kappa shape index (κ1) is 14.2. The van der Waals surface area contributed by atoms with Crippen LogP contribution in [0.25, 0.3) is 0 Å². The zero-order valence-corrected chi connectivity index (χ0v) is 10.7. The predicted octanol–water partition coefficient (Wildman–Crippen LogP) is 1.73. The fourth-order valence-electron chi connectivity index (χ4n) is 2.01. The van der Waals surface area contributed by atoms with Crippen molar-refractivity contribution in [2.45, 2.75) is 33.1 Å². The number of rotatable bonds is 4. The standard InChI is InChI=1S/C13H17NO4/c1-3-17-12(15)10-6-5-9(7-10)11(8-14)13(16)18-4-2/h10H,3-7H2,1-2H3. The van der Waals surface area contributed by atoms with Crippen molar-refractivity contribution in [3.8, 4) is 6.07 Å².